The molecule has 0 saturated carbocycles. The van der Waals surface area contributed by atoms with Crippen LogP contribution in [0.4, 0.5) is 5.82 Å². The zero-order chi connectivity index (χ0) is 23.6. The summed E-state index contributed by atoms with van der Waals surface area (Å²) in [6.45, 7) is 1.60. The van der Waals surface area contributed by atoms with Gasteiger partial charge in [0, 0.05) is 12.6 Å². The Bertz CT molecular complexity index is 770. The number of aromatic nitrogens is 2. The molecule has 0 aromatic carbocycles. The molecule has 1 aliphatic rings. The Balaban J connectivity index is 1.91. The van der Waals surface area contributed by atoms with Crippen LogP contribution < -0.4 is 11.4 Å². The number of Topliss-reactive ketones (excluding diaryl/α,β-unsaturated/α-hetero) is 1. The summed E-state index contributed by atoms with van der Waals surface area (Å²) in [5.74, 6) is -0.574. The first kappa shape index (κ1) is 26.4. The van der Waals surface area contributed by atoms with Gasteiger partial charge in [-0.25, -0.2) is 4.79 Å². The fourth-order valence-corrected chi connectivity index (χ4v) is 4.31. The van der Waals surface area contributed by atoms with E-state index in [2.05, 4.69) is 11.9 Å². The molecule has 4 atom stereocenters. The van der Waals surface area contributed by atoms with Gasteiger partial charge in [0.25, 0.3) is 0 Å². The van der Waals surface area contributed by atoms with Gasteiger partial charge in [0.05, 0.1) is 6.61 Å². The molecule has 5 N–H and O–H groups in total. The Kier molecular flexibility index (Phi) is 10.8. The number of nitrogens with zero attached hydrogens (tertiary/aromatic N) is 2. The van der Waals surface area contributed by atoms with Crippen LogP contribution in [0.1, 0.15) is 84.0 Å². The number of aliphatic hydroxyl groups is 3. The normalized spacial score (nSPS) is 25.3. The molecule has 2 rings (SSSR count). The van der Waals surface area contributed by atoms with Gasteiger partial charge >= 0.3 is 5.69 Å². The summed E-state index contributed by atoms with van der Waals surface area (Å²) in [5.41, 5.74) is 2.53. The van der Waals surface area contributed by atoms with Gasteiger partial charge in [0.15, 0.2) is 5.78 Å². The summed E-state index contributed by atoms with van der Waals surface area (Å²) >= 11 is 0. The first-order valence-electron chi connectivity index (χ1n) is 11.9. The van der Waals surface area contributed by atoms with Crippen molar-refractivity contribution in [3.63, 3.8) is 0 Å². The van der Waals surface area contributed by atoms with Gasteiger partial charge < -0.3 is 25.8 Å². The second-order valence-corrected chi connectivity index (χ2v) is 8.68. The highest BCUT2D eigenvalue weighted by Gasteiger charge is 2.60. The minimum atomic E-state index is -2.14. The Hall–Kier alpha value is -1.81. The summed E-state index contributed by atoms with van der Waals surface area (Å²) < 4.78 is 6.49. The summed E-state index contributed by atoms with van der Waals surface area (Å²) in [5, 5.41) is 30.4. The van der Waals surface area contributed by atoms with Gasteiger partial charge in [-0.2, -0.15) is 4.98 Å². The van der Waals surface area contributed by atoms with Crippen LogP contribution in [0.15, 0.2) is 17.1 Å². The van der Waals surface area contributed by atoms with Gasteiger partial charge in [-0.05, 0) is 12.5 Å². The maximum absolute atomic E-state index is 13.2. The minimum Gasteiger partial charge on any atom is -0.394 e. The quantitative estimate of drug-likeness (QED) is 0.294. The van der Waals surface area contributed by atoms with Crippen LogP contribution in [0.2, 0.25) is 0 Å². The van der Waals surface area contributed by atoms with E-state index in [0.29, 0.717) is 6.42 Å². The van der Waals surface area contributed by atoms with Gasteiger partial charge in [0.1, 0.15) is 24.1 Å². The highest BCUT2D eigenvalue weighted by molar-refractivity contribution is 5.86. The fourth-order valence-electron chi connectivity index (χ4n) is 4.31. The van der Waals surface area contributed by atoms with E-state index in [0.717, 1.165) is 23.8 Å². The molecule has 1 saturated heterocycles. The second kappa shape index (κ2) is 13.0. The molecule has 2 heterocycles. The number of hydrogen-bond donors (Lipinski definition) is 4. The molecule has 0 radical (unpaired) electrons. The van der Waals surface area contributed by atoms with E-state index in [-0.39, 0.29) is 12.2 Å². The van der Waals surface area contributed by atoms with Crippen LogP contribution in [0.25, 0.3) is 0 Å². The third-order valence-electron chi connectivity index (χ3n) is 6.21. The van der Waals surface area contributed by atoms with Gasteiger partial charge in [-0.1, -0.05) is 71.1 Å². The largest absolute Gasteiger partial charge is 0.394 e. The fraction of sp³-hybridized carbons (Fsp3) is 0.783. The van der Waals surface area contributed by atoms with Crippen molar-refractivity contribution in [3.8, 4) is 0 Å². The maximum atomic E-state index is 13.2. The number of ketones is 1. The van der Waals surface area contributed by atoms with E-state index in [4.69, 9.17) is 10.5 Å². The molecule has 182 valence electrons. The molecule has 1 aromatic rings. The number of carbonyl (C=O) groups excluding carboxylic acids is 1. The smallest absolute Gasteiger partial charge is 0.352 e. The van der Waals surface area contributed by atoms with E-state index in [1.165, 1.54) is 57.2 Å². The summed E-state index contributed by atoms with van der Waals surface area (Å²) in [4.78, 5) is 29.2. The summed E-state index contributed by atoms with van der Waals surface area (Å²) in [7, 11) is 0. The average molecular weight is 454 g/mol. The van der Waals surface area contributed by atoms with E-state index >= 15 is 0 Å². The van der Waals surface area contributed by atoms with E-state index in [1.807, 2.05) is 0 Å². The lowest BCUT2D eigenvalue weighted by atomic mass is 9.94. The number of nitrogens with two attached hydrogens (primary N) is 1. The Morgan fingerprint density at radius 1 is 1.09 bits per heavy atom. The zero-order valence-corrected chi connectivity index (χ0v) is 19.1. The molecule has 32 heavy (non-hydrogen) atoms. The van der Waals surface area contributed by atoms with E-state index in [1.54, 1.807) is 0 Å². The average Bonchev–Trinajstić information content (AvgIpc) is 3.03. The monoisotopic (exact) mass is 453 g/mol. The van der Waals surface area contributed by atoms with Crippen LogP contribution in [-0.4, -0.2) is 55.6 Å². The van der Waals surface area contributed by atoms with Crippen molar-refractivity contribution >= 4 is 11.6 Å². The molecular weight excluding hydrogens is 414 g/mol. The molecule has 0 spiro atoms. The lowest BCUT2D eigenvalue weighted by Gasteiger charge is -2.32. The Morgan fingerprint density at radius 2 is 1.66 bits per heavy atom. The highest BCUT2D eigenvalue weighted by atomic mass is 16.6. The van der Waals surface area contributed by atoms with Crippen molar-refractivity contribution in [2.75, 3.05) is 12.3 Å². The number of anilines is 1. The summed E-state index contributed by atoms with van der Waals surface area (Å²) in [6.07, 6.45) is 9.24. The third kappa shape index (κ3) is 6.37. The lowest BCUT2D eigenvalue weighted by molar-refractivity contribution is -0.176. The van der Waals surface area contributed by atoms with Crippen molar-refractivity contribution in [3.05, 3.63) is 22.7 Å². The van der Waals surface area contributed by atoms with Crippen molar-refractivity contribution in [2.24, 2.45) is 0 Å². The van der Waals surface area contributed by atoms with Crippen LogP contribution >= 0.6 is 0 Å². The molecule has 9 heteroatoms. The molecule has 9 nitrogen and oxygen atoms in total. The van der Waals surface area contributed by atoms with Crippen molar-refractivity contribution in [1.82, 2.24) is 9.55 Å². The number of unbranched alkanes of at least 4 members (excludes halogenated alkanes) is 10. The van der Waals surface area contributed by atoms with E-state index < -0.39 is 42.1 Å². The molecule has 0 bridgehead atoms. The van der Waals surface area contributed by atoms with Crippen LogP contribution in [0, 0.1) is 0 Å². The maximum Gasteiger partial charge on any atom is 0.352 e. The third-order valence-corrected chi connectivity index (χ3v) is 6.21. The number of carbonyl (C=O) groups is 1. The topological polar surface area (TPSA) is 148 Å². The number of aliphatic hydroxyl groups excluding tert-OH is 3. The second-order valence-electron chi connectivity index (χ2n) is 8.68. The number of rotatable bonds is 15. The van der Waals surface area contributed by atoms with Crippen LogP contribution in [0.3, 0.4) is 0 Å². The first-order valence-corrected chi connectivity index (χ1v) is 11.9. The van der Waals surface area contributed by atoms with Gasteiger partial charge in [-0.15, -0.1) is 0 Å². The van der Waals surface area contributed by atoms with Gasteiger partial charge in [-0.3, -0.25) is 9.36 Å². The minimum absolute atomic E-state index is 0.0362. The van der Waals surface area contributed by atoms with Crippen molar-refractivity contribution in [1.29, 1.82) is 0 Å². The first-order chi connectivity index (χ1) is 15.4. The highest BCUT2D eigenvalue weighted by Crippen LogP contribution is 2.37. The zero-order valence-electron chi connectivity index (χ0n) is 19.1. The standard InChI is InChI=1S/C23H39N3O6/c1-2-3-4-5-6-7-8-9-10-11-12-13-18(28)23(21(30)20(29)17(16-27)32-23)26-15-14-19(24)25-22(26)31/h14-15,17,20-21,27,29-30H,2-13,16H2,1H3,(H2,24,25,31)/t17-,20-,21-,23-/m1/s1. The van der Waals surface area contributed by atoms with Crippen molar-refractivity contribution < 1.29 is 24.9 Å². The van der Waals surface area contributed by atoms with Crippen molar-refractivity contribution in [2.45, 2.75) is 108 Å². The molecule has 0 unspecified atom stereocenters. The molecule has 0 aliphatic carbocycles. The molecule has 1 aliphatic heterocycles. The molecular formula is C23H39N3O6. The molecule has 0 amide bonds. The number of ether oxygens (including phenoxy) is 1. The van der Waals surface area contributed by atoms with Gasteiger partial charge in [0.2, 0.25) is 5.72 Å². The van der Waals surface area contributed by atoms with E-state index in [9.17, 15) is 24.9 Å². The van der Waals surface area contributed by atoms with Crippen LogP contribution in [0.5, 0.6) is 0 Å². The Morgan fingerprint density at radius 3 is 2.16 bits per heavy atom. The number of hydrogen-bond acceptors (Lipinski definition) is 8. The van der Waals surface area contributed by atoms with Crippen LogP contribution in [-0.2, 0) is 15.3 Å². The predicted octanol–water partition coefficient (Wildman–Crippen LogP) is 1.86. The lowest BCUT2D eigenvalue weighted by Crippen LogP contribution is -2.55. The predicted molar refractivity (Wildman–Crippen MR) is 121 cm³/mol. The molecule has 1 aromatic heterocycles. The molecule has 1 fully saturated rings. The number of nitrogen functional groups attached to an aromatic ring is 1. The Labute approximate surface area is 189 Å². The SMILES string of the molecule is CCCCCCCCCCCCCC(=O)[C@@]1(n2ccc(N)nc2=O)O[C@H](CO)[C@@H](O)[C@H]1O. The summed E-state index contributed by atoms with van der Waals surface area (Å²) in [6, 6.07) is 1.31.